The molecule has 0 aliphatic carbocycles. The number of nitro groups is 1. The van der Waals surface area contributed by atoms with Crippen LogP contribution in [0.2, 0.25) is 5.02 Å². The second kappa shape index (κ2) is 8.34. The van der Waals surface area contributed by atoms with E-state index >= 15 is 0 Å². The summed E-state index contributed by atoms with van der Waals surface area (Å²) in [5.41, 5.74) is 0.224. The number of nitrogens with zero attached hydrogens (tertiary/aromatic N) is 1. The molecule has 2 N–H and O–H groups in total. The van der Waals surface area contributed by atoms with Gasteiger partial charge in [-0.05, 0) is 12.1 Å². The van der Waals surface area contributed by atoms with Crippen LogP contribution in [0.1, 0.15) is 6.42 Å². The minimum absolute atomic E-state index is 0.0748. The van der Waals surface area contributed by atoms with Gasteiger partial charge in [0.2, 0.25) is 5.91 Å². The van der Waals surface area contributed by atoms with Gasteiger partial charge in [0, 0.05) is 37.7 Å². The molecule has 0 fully saturated rings. The molecule has 0 bridgehead atoms. The van der Waals surface area contributed by atoms with Crippen LogP contribution >= 0.6 is 11.6 Å². The molecule has 0 spiro atoms. The monoisotopic (exact) mass is 301 g/mol. The van der Waals surface area contributed by atoms with Crippen molar-refractivity contribution in [2.75, 3.05) is 32.1 Å². The fourth-order valence-electron chi connectivity index (χ4n) is 1.50. The quantitative estimate of drug-likeness (QED) is 0.434. The Morgan fingerprint density at radius 2 is 2.20 bits per heavy atom. The molecular weight excluding hydrogens is 286 g/mol. The first-order valence-corrected chi connectivity index (χ1v) is 6.36. The SMILES string of the molecule is COCCNC(=O)CCNc1cc(Cl)ccc1[N+](=O)[O-]. The van der Waals surface area contributed by atoms with E-state index in [2.05, 4.69) is 10.6 Å². The van der Waals surface area contributed by atoms with E-state index in [-0.39, 0.29) is 24.6 Å². The molecule has 110 valence electrons. The van der Waals surface area contributed by atoms with Gasteiger partial charge in [-0.15, -0.1) is 0 Å². The molecule has 0 unspecified atom stereocenters. The molecule has 0 aliphatic heterocycles. The topological polar surface area (TPSA) is 93.5 Å². The highest BCUT2D eigenvalue weighted by Crippen LogP contribution is 2.27. The molecule has 1 aromatic rings. The van der Waals surface area contributed by atoms with Gasteiger partial charge in [0.25, 0.3) is 5.69 Å². The normalized spacial score (nSPS) is 10.1. The minimum atomic E-state index is -0.503. The Morgan fingerprint density at radius 1 is 1.45 bits per heavy atom. The predicted octanol–water partition coefficient (Wildman–Crippen LogP) is 1.81. The smallest absolute Gasteiger partial charge is 0.292 e. The third kappa shape index (κ3) is 5.41. The van der Waals surface area contributed by atoms with E-state index in [1.165, 1.54) is 18.2 Å². The van der Waals surface area contributed by atoms with E-state index in [9.17, 15) is 14.9 Å². The largest absolute Gasteiger partial charge is 0.383 e. The Hall–Kier alpha value is -1.86. The highest BCUT2D eigenvalue weighted by atomic mass is 35.5. The van der Waals surface area contributed by atoms with Crippen molar-refractivity contribution in [2.45, 2.75) is 6.42 Å². The van der Waals surface area contributed by atoms with Gasteiger partial charge >= 0.3 is 0 Å². The molecule has 0 saturated heterocycles. The lowest BCUT2D eigenvalue weighted by Crippen LogP contribution is -2.28. The lowest BCUT2D eigenvalue weighted by atomic mass is 10.2. The second-order valence-electron chi connectivity index (χ2n) is 3.94. The van der Waals surface area contributed by atoms with E-state index in [0.717, 1.165) is 0 Å². The lowest BCUT2D eigenvalue weighted by Gasteiger charge is -2.08. The average molecular weight is 302 g/mol. The molecule has 1 rings (SSSR count). The highest BCUT2D eigenvalue weighted by molar-refractivity contribution is 6.31. The zero-order valence-electron chi connectivity index (χ0n) is 11.0. The molecule has 7 nitrogen and oxygen atoms in total. The molecule has 0 aliphatic rings. The van der Waals surface area contributed by atoms with Crippen LogP contribution in [0.25, 0.3) is 0 Å². The van der Waals surface area contributed by atoms with Crippen molar-refractivity contribution in [3.63, 3.8) is 0 Å². The number of carbonyl (C=O) groups is 1. The molecule has 20 heavy (non-hydrogen) atoms. The van der Waals surface area contributed by atoms with Crippen LogP contribution < -0.4 is 10.6 Å². The van der Waals surface area contributed by atoms with Crippen molar-refractivity contribution in [3.05, 3.63) is 33.3 Å². The number of anilines is 1. The van der Waals surface area contributed by atoms with Crippen LogP contribution in [0.4, 0.5) is 11.4 Å². The lowest BCUT2D eigenvalue weighted by molar-refractivity contribution is -0.384. The highest BCUT2D eigenvalue weighted by Gasteiger charge is 2.13. The maximum absolute atomic E-state index is 11.4. The Balaban J connectivity index is 2.47. The number of amides is 1. The van der Waals surface area contributed by atoms with Crippen LogP contribution in [0.5, 0.6) is 0 Å². The number of hydrogen-bond donors (Lipinski definition) is 2. The van der Waals surface area contributed by atoms with Crippen LogP contribution in [0.3, 0.4) is 0 Å². The number of carbonyl (C=O) groups excluding carboxylic acids is 1. The summed E-state index contributed by atoms with van der Waals surface area (Å²) in [6, 6.07) is 4.23. The summed E-state index contributed by atoms with van der Waals surface area (Å²) in [7, 11) is 1.55. The number of nitro benzene ring substituents is 1. The molecule has 0 saturated carbocycles. The van der Waals surface area contributed by atoms with Crippen LogP contribution in [-0.2, 0) is 9.53 Å². The van der Waals surface area contributed by atoms with Gasteiger partial charge in [-0.3, -0.25) is 14.9 Å². The van der Waals surface area contributed by atoms with Gasteiger partial charge in [0.1, 0.15) is 5.69 Å². The Labute approximate surface area is 121 Å². The third-order valence-corrected chi connectivity index (χ3v) is 2.69. The summed E-state index contributed by atoms with van der Waals surface area (Å²) >= 11 is 5.79. The number of hydrogen-bond acceptors (Lipinski definition) is 5. The van der Waals surface area contributed by atoms with Crippen molar-refractivity contribution in [1.29, 1.82) is 0 Å². The Bertz CT molecular complexity index is 482. The zero-order chi connectivity index (χ0) is 15.0. The summed E-state index contributed by atoms with van der Waals surface area (Å²) < 4.78 is 4.80. The average Bonchev–Trinajstić information content (AvgIpc) is 2.38. The van der Waals surface area contributed by atoms with Gasteiger partial charge < -0.3 is 15.4 Å². The number of rotatable bonds is 8. The van der Waals surface area contributed by atoms with Crippen molar-refractivity contribution in [3.8, 4) is 0 Å². The first-order chi connectivity index (χ1) is 9.54. The van der Waals surface area contributed by atoms with Crippen molar-refractivity contribution in [2.24, 2.45) is 0 Å². The fraction of sp³-hybridized carbons (Fsp3) is 0.417. The summed E-state index contributed by atoms with van der Waals surface area (Å²) in [6.45, 7) is 1.16. The van der Waals surface area contributed by atoms with Crippen molar-refractivity contribution >= 4 is 28.9 Å². The summed E-state index contributed by atoms with van der Waals surface area (Å²) in [5.74, 6) is -0.153. The molecule has 0 radical (unpaired) electrons. The molecular formula is C12H16ClN3O4. The van der Waals surface area contributed by atoms with Crippen LogP contribution in [-0.4, -0.2) is 37.6 Å². The number of benzene rings is 1. The predicted molar refractivity (Wildman–Crippen MR) is 76.1 cm³/mol. The second-order valence-corrected chi connectivity index (χ2v) is 4.37. The maximum Gasteiger partial charge on any atom is 0.292 e. The summed E-state index contributed by atoms with van der Waals surface area (Å²) in [4.78, 5) is 21.8. The van der Waals surface area contributed by atoms with Crippen molar-refractivity contribution < 1.29 is 14.5 Å². The van der Waals surface area contributed by atoms with E-state index in [1.807, 2.05) is 0 Å². The fourth-order valence-corrected chi connectivity index (χ4v) is 1.67. The van der Waals surface area contributed by atoms with E-state index < -0.39 is 4.92 Å². The van der Waals surface area contributed by atoms with Gasteiger partial charge in [-0.1, -0.05) is 11.6 Å². The molecule has 1 aromatic carbocycles. The standard InChI is InChI=1S/C12H16ClN3O4/c1-20-7-6-15-12(17)4-5-14-10-8-9(13)2-3-11(10)16(18)19/h2-3,8,14H,4-7H2,1H3,(H,15,17). The zero-order valence-corrected chi connectivity index (χ0v) is 11.8. The molecule has 1 amide bonds. The third-order valence-electron chi connectivity index (χ3n) is 2.45. The van der Waals surface area contributed by atoms with Gasteiger partial charge in [0.05, 0.1) is 11.5 Å². The van der Waals surface area contributed by atoms with Crippen molar-refractivity contribution in [1.82, 2.24) is 5.32 Å². The van der Waals surface area contributed by atoms with E-state index in [0.29, 0.717) is 23.9 Å². The van der Waals surface area contributed by atoms with Gasteiger partial charge in [0.15, 0.2) is 0 Å². The molecule has 8 heteroatoms. The number of methoxy groups -OCH3 is 1. The van der Waals surface area contributed by atoms with E-state index in [4.69, 9.17) is 16.3 Å². The first kappa shape index (κ1) is 16.2. The summed E-state index contributed by atoms with van der Waals surface area (Å²) in [6.07, 6.45) is 0.202. The van der Waals surface area contributed by atoms with Gasteiger partial charge in [-0.2, -0.15) is 0 Å². The van der Waals surface area contributed by atoms with Crippen LogP contribution in [0, 0.1) is 10.1 Å². The van der Waals surface area contributed by atoms with Gasteiger partial charge in [-0.25, -0.2) is 0 Å². The number of nitrogens with one attached hydrogen (secondary N) is 2. The molecule has 0 heterocycles. The Morgan fingerprint density at radius 3 is 2.85 bits per heavy atom. The minimum Gasteiger partial charge on any atom is -0.383 e. The first-order valence-electron chi connectivity index (χ1n) is 5.98. The number of halogens is 1. The summed E-state index contributed by atoms with van der Waals surface area (Å²) in [5, 5.41) is 16.7. The van der Waals surface area contributed by atoms with E-state index in [1.54, 1.807) is 7.11 Å². The Kier molecular flexibility index (Phi) is 6.75. The van der Waals surface area contributed by atoms with Crippen LogP contribution in [0.15, 0.2) is 18.2 Å². The maximum atomic E-state index is 11.4. The molecule has 0 atom stereocenters. The molecule has 0 aromatic heterocycles. The number of ether oxygens (including phenoxy) is 1.